The lowest BCUT2D eigenvalue weighted by Crippen LogP contribution is -2.41. The molecule has 1 heterocycles. The van der Waals surface area contributed by atoms with Gasteiger partial charge >= 0.3 is 0 Å². The number of carbonyl (C=O) groups is 1. The van der Waals surface area contributed by atoms with E-state index in [1.807, 2.05) is 30.1 Å². The molecule has 1 aromatic rings. The molecular formula is C17H23Cl3N2O. The highest BCUT2D eigenvalue weighted by Gasteiger charge is 2.46. The zero-order valence-corrected chi connectivity index (χ0v) is 15.6. The summed E-state index contributed by atoms with van der Waals surface area (Å²) in [5.41, 5.74) is 1.14. The molecule has 128 valence electrons. The molecule has 1 aliphatic carbocycles. The van der Waals surface area contributed by atoms with Crippen LogP contribution >= 0.6 is 35.6 Å². The Bertz CT molecular complexity index is 559. The van der Waals surface area contributed by atoms with E-state index in [1.54, 1.807) is 0 Å². The molecule has 2 aliphatic rings. The molecule has 1 N–H and O–H groups in total. The van der Waals surface area contributed by atoms with Crippen LogP contribution in [0, 0.1) is 11.8 Å². The van der Waals surface area contributed by atoms with Crippen LogP contribution < -0.4 is 5.32 Å². The molecule has 1 aromatic carbocycles. The lowest BCUT2D eigenvalue weighted by atomic mass is 9.96. The molecule has 3 rings (SSSR count). The van der Waals surface area contributed by atoms with Crippen molar-refractivity contribution in [3.05, 3.63) is 33.8 Å². The number of likely N-dealkylation sites (tertiary alicyclic amines) is 1. The van der Waals surface area contributed by atoms with Crippen LogP contribution in [0.25, 0.3) is 0 Å². The van der Waals surface area contributed by atoms with Gasteiger partial charge in [0, 0.05) is 19.0 Å². The lowest BCUT2D eigenvalue weighted by molar-refractivity contribution is -0.134. The van der Waals surface area contributed by atoms with Gasteiger partial charge in [-0.1, -0.05) is 29.3 Å². The Hall–Kier alpha value is -0.480. The minimum Gasteiger partial charge on any atom is -0.342 e. The Morgan fingerprint density at radius 1 is 1.26 bits per heavy atom. The van der Waals surface area contributed by atoms with Crippen molar-refractivity contribution < 1.29 is 4.79 Å². The first-order valence-electron chi connectivity index (χ1n) is 7.98. The number of rotatable bonds is 4. The van der Waals surface area contributed by atoms with Crippen LogP contribution in [0.15, 0.2) is 18.2 Å². The molecule has 1 aliphatic heterocycles. The minimum absolute atomic E-state index is 0. The maximum absolute atomic E-state index is 12.6. The van der Waals surface area contributed by atoms with Gasteiger partial charge in [0.2, 0.25) is 5.91 Å². The average molecular weight is 378 g/mol. The summed E-state index contributed by atoms with van der Waals surface area (Å²) < 4.78 is 0. The first-order chi connectivity index (χ1) is 10.6. The molecule has 6 heteroatoms. The number of piperidine rings is 1. The third-order valence-electron chi connectivity index (χ3n) is 4.90. The van der Waals surface area contributed by atoms with Gasteiger partial charge in [-0.2, -0.15) is 0 Å². The van der Waals surface area contributed by atoms with E-state index < -0.39 is 0 Å². The van der Waals surface area contributed by atoms with Crippen LogP contribution in [0.3, 0.4) is 0 Å². The Morgan fingerprint density at radius 2 is 1.96 bits per heavy atom. The second kappa shape index (κ2) is 8.06. The maximum atomic E-state index is 12.6. The molecule has 0 aromatic heterocycles. The van der Waals surface area contributed by atoms with Gasteiger partial charge in [0.15, 0.2) is 0 Å². The Labute approximate surface area is 154 Å². The van der Waals surface area contributed by atoms with Gasteiger partial charge in [-0.25, -0.2) is 0 Å². The summed E-state index contributed by atoms with van der Waals surface area (Å²) in [5, 5.41) is 4.37. The summed E-state index contributed by atoms with van der Waals surface area (Å²) in [6.45, 7) is 2.85. The van der Waals surface area contributed by atoms with E-state index in [0.717, 1.165) is 44.5 Å². The van der Waals surface area contributed by atoms with E-state index in [0.29, 0.717) is 27.8 Å². The van der Waals surface area contributed by atoms with E-state index in [1.165, 1.54) is 0 Å². The molecule has 2 unspecified atom stereocenters. The number of halogens is 3. The highest BCUT2D eigenvalue weighted by atomic mass is 35.5. The molecule has 23 heavy (non-hydrogen) atoms. The summed E-state index contributed by atoms with van der Waals surface area (Å²) >= 11 is 12.0. The second-order valence-corrected chi connectivity index (χ2v) is 7.26. The first kappa shape index (κ1) is 18.9. The largest absolute Gasteiger partial charge is 0.342 e. The smallest absolute Gasteiger partial charge is 0.226 e. The predicted octanol–water partition coefficient (Wildman–Crippen LogP) is 3.98. The van der Waals surface area contributed by atoms with Crippen LogP contribution in [0.1, 0.15) is 30.7 Å². The fourth-order valence-electron chi connectivity index (χ4n) is 3.46. The summed E-state index contributed by atoms with van der Waals surface area (Å²) in [6, 6.07) is 5.72. The number of hydrogen-bond donors (Lipinski definition) is 1. The molecule has 1 saturated heterocycles. The lowest BCUT2D eigenvalue weighted by Gasteiger charge is -2.32. The van der Waals surface area contributed by atoms with Gasteiger partial charge in [0.1, 0.15) is 0 Å². The number of nitrogens with zero attached hydrogens (tertiary/aromatic N) is 1. The van der Waals surface area contributed by atoms with Gasteiger partial charge in [0.25, 0.3) is 0 Å². The Morgan fingerprint density at radius 3 is 2.57 bits per heavy atom. The third-order valence-corrected chi connectivity index (χ3v) is 5.64. The van der Waals surface area contributed by atoms with Crippen LogP contribution in [-0.2, 0) is 4.79 Å². The number of benzene rings is 1. The van der Waals surface area contributed by atoms with Crippen LogP contribution in [0.2, 0.25) is 10.0 Å². The van der Waals surface area contributed by atoms with Crippen LogP contribution in [0.5, 0.6) is 0 Å². The highest BCUT2D eigenvalue weighted by molar-refractivity contribution is 6.42. The Kier molecular flexibility index (Phi) is 6.61. The summed E-state index contributed by atoms with van der Waals surface area (Å²) in [6.07, 6.45) is 3.15. The first-order valence-corrected chi connectivity index (χ1v) is 8.74. The maximum Gasteiger partial charge on any atom is 0.226 e. The predicted molar refractivity (Wildman–Crippen MR) is 97.8 cm³/mol. The number of carbonyl (C=O) groups excluding carboxylic acids is 1. The molecule has 2 fully saturated rings. The zero-order valence-electron chi connectivity index (χ0n) is 13.2. The fourth-order valence-corrected chi connectivity index (χ4v) is 3.77. The van der Waals surface area contributed by atoms with E-state index >= 15 is 0 Å². The van der Waals surface area contributed by atoms with Crippen molar-refractivity contribution in [3.8, 4) is 0 Å². The van der Waals surface area contributed by atoms with Crippen molar-refractivity contribution >= 4 is 41.5 Å². The van der Waals surface area contributed by atoms with Crippen LogP contribution in [-0.4, -0.2) is 37.5 Å². The molecule has 3 nitrogen and oxygen atoms in total. The Balaban J connectivity index is 0.00000192. The van der Waals surface area contributed by atoms with Crippen molar-refractivity contribution in [2.24, 2.45) is 11.8 Å². The molecule has 0 bridgehead atoms. The molecule has 0 spiro atoms. The topological polar surface area (TPSA) is 32.3 Å². The molecule has 2 atom stereocenters. The third kappa shape index (κ3) is 4.33. The molecule has 0 radical (unpaired) electrons. The molecular weight excluding hydrogens is 355 g/mol. The fraction of sp³-hybridized carbons (Fsp3) is 0.588. The summed E-state index contributed by atoms with van der Waals surface area (Å²) in [7, 11) is 1.99. The molecule has 1 amide bonds. The summed E-state index contributed by atoms with van der Waals surface area (Å²) in [4.78, 5) is 14.7. The normalized spacial score (nSPS) is 24.2. The number of nitrogens with one attached hydrogen (secondary N) is 1. The minimum atomic E-state index is 0. The van der Waals surface area contributed by atoms with Crippen molar-refractivity contribution in [1.29, 1.82) is 0 Å². The van der Waals surface area contributed by atoms with Gasteiger partial charge in [-0.15, -0.1) is 12.4 Å². The van der Waals surface area contributed by atoms with Crippen LogP contribution in [0.4, 0.5) is 0 Å². The van der Waals surface area contributed by atoms with Gasteiger partial charge in [0.05, 0.1) is 10.0 Å². The van der Waals surface area contributed by atoms with Gasteiger partial charge in [-0.05, 0) is 62.4 Å². The van der Waals surface area contributed by atoms with Crippen molar-refractivity contribution in [2.75, 3.05) is 26.7 Å². The van der Waals surface area contributed by atoms with Gasteiger partial charge < -0.3 is 10.2 Å². The number of amides is 1. The summed E-state index contributed by atoms with van der Waals surface area (Å²) in [5.74, 6) is 1.48. The number of hydrogen-bond acceptors (Lipinski definition) is 2. The SMILES string of the molecule is CNCC1CCN(C(=O)C2CC2c2ccc(Cl)c(Cl)c2)CC1.Cl. The van der Waals surface area contributed by atoms with E-state index in [2.05, 4.69) is 5.32 Å². The average Bonchev–Trinajstić information content (AvgIpc) is 3.31. The standard InChI is InChI=1S/C17H22Cl2N2O.ClH/c1-20-10-11-4-6-21(7-5-11)17(22)14-9-13(14)12-2-3-15(18)16(19)8-12;/h2-3,8,11,13-14,20H,4-7,9-10H2,1H3;1H. The molecule has 1 saturated carbocycles. The van der Waals surface area contributed by atoms with Crippen molar-refractivity contribution in [1.82, 2.24) is 10.2 Å². The van der Waals surface area contributed by atoms with E-state index in [-0.39, 0.29) is 18.3 Å². The van der Waals surface area contributed by atoms with Crippen molar-refractivity contribution in [3.63, 3.8) is 0 Å². The quantitative estimate of drug-likeness (QED) is 0.861. The van der Waals surface area contributed by atoms with Crippen molar-refractivity contribution in [2.45, 2.75) is 25.2 Å². The van der Waals surface area contributed by atoms with E-state index in [9.17, 15) is 4.79 Å². The second-order valence-electron chi connectivity index (χ2n) is 6.45. The monoisotopic (exact) mass is 376 g/mol. The highest BCUT2D eigenvalue weighted by Crippen LogP contribution is 2.49. The van der Waals surface area contributed by atoms with Gasteiger partial charge in [-0.3, -0.25) is 4.79 Å². The zero-order chi connectivity index (χ0) is 15.7. The van der Waals surface area contributed by atoms with E-state index in [4.69, 9.17) is 23.2 Å².